The van der Waals surface area contributed by atoms with Crippen LogP contribution in [0.4, 0.5) is 4.79 Å². The summed E-state index contributed by atoms with van der Waals surface area (Å²) < 4.78 is 5.69. The average Bonchev–Trinajstić information content (AvgIpc) is 3.33. The van der Waals surface area contributed by atoms with E-state index in [2.05, 4.69) is 41.6 Å². The van der Waals surface area contributed by atoms with Crippen LogP contribution in [0.15, 0.2) is 33.9 Å². The lowest BCUT2D eigenvalue weighted by atomic mass is 9.87. The first kappa shape index (κ1) is 21.4. The highest BCUT2D eigenvalue weighted by Gasteiger charge is 2.23. The zero-order valence-corrected chi connectivity index (χ0v) is 18.1. The molecule has 0 bridgehead atoms. The molecular weight excluding hydrogens is 388 g/mol. The summed E-state index contributed by atoms with van der Waals surface area (Å²) in [6.07, 6.45) is 4.16. The molecule has 0 aliphatic heterocycles. The Kier molecular flexibility index (Phi) is 6.62. The van der Waals surface area contributed by atoms with E-state index in [4.69, 9.17) is 4.42 Å². The second-order valence-electron chi connectivity index (χ2n) is 8.40. The number of urea groups is 1. The summed E-state index contributed by atoms with van der Waals surface area (Å²) >= 11 is 1.13. The SMILES string of the molecule is CC(Sc1nnc(-c2ccc(C(C)(C)C)cc2)o1)C(=O)NC(=O)NC1CCCC1. The first-order valence-electron chi connectivity index (χ1n) is 9.95. The number of amides is 3. The van der Waals surface area contributed by atoms with Gasteiger partial charge in [0.25, 0.3) is 5.22 Å². The molecule has 1 unspecified atom stereocenters. The van der Waals surface area contributed by atoms with Gasteiger partial charge in [-0.2, -0.15) is 0 Å². The molecule has 1 fully saturated rings. The molecule has 3 rings (SSSR count). The molecule has 1 aromatic carbocycles. The van der Waals surface area contributed by atoms with E-state index in [0.29, 0.717) is 11.1 Å². The summed E-state index contributed by atoms with van der Waals surface area (Å²) in [5.41, 5.74) is 2.11. The number of thioether (sulfide) groups is 1. The summed E-state index contributed by atoms with van der Waals surface area (Å²) in [6, 6.07) is 7.71. The van der Waals surface area contributed by atoms with E-state index < -0.39 is 11.3 Å². The van der Waals surface area contributed by atoms with Gasteiger partial charge in [0, 0.05) is 11.6 Å². The van der Waals surface area contributed by atoms with Gasteiger partial charge in [-0.15, -0.1) is 10.2 Å². The first-order chi connectivity index (χ1) is 13.7. The van der Waals surface area contributed by atoms with E-state index in [1.165, 1.54) is 5.56 Å². The van der Waals surface area contributed by atoms with Crippen molar-refractivity contribution in [3.8, 4) is 11.5 Å². The van der Waals surface area contributed by atoms with Crippen molar-refractivity contribution >= 4 is 23.7 Å². The standard InChI is InChI=1S/C21H28N4O3S/c1-13(17(26)23-19(27)22-16-7-5-6-8-16)29-20-25-24-18(28-20)14-9-11-15(12-10-14)21(2,3)4/h9-13,16H,5-8H2,1-4H3,(H2,22,23,26,27). The molecule has 29 heavy (non-hydrogen) atoms. The molecule has 8 heteroatoms. The van der Waals surface area contributed by atoms with Crippen molar-refractivity contribution in [1.29, 1.82) is 0 Å². The first-order valence-corrected chi connectivity index (χ1v) is 10.8. The summed E-state index contributed by atoms with van der Waals surface area (Å²) in [6.45, 7) is 8.17. The lowest BCUT2D eigenvalue weighted by molar-refractivity contribution is -0.119. The van der Waals surface area contributed by atoms with Gasteiger partial charge in [0.05, 0.1) is 5.25 Å². The third kappa shape index (κ3) is 5.82. The van der Waals surface area contributed by atoms with E-state index in [-0.39, 0.29) is 17.4 Å². The molecule has 1 heterocycles. The van der Waals surface area contributed by atoms with Crippen LogP contribution in [0.25, 0.3) is 11.5 Å². The minimum atomic E-state index is -0.541. The summed E-state index contributed by atoms with van der Waals surface area (Å²) in [5, 5.41) is 13.1. The number of carbonyl (C=O) groups excluding carboxylic acids is 2. The van der Waals surface area contributed by atoms with Gasteiger partial charge in [0.2, 0.25) is 11.8 Å². The molecule has 1 aliphatic carbocycles. The van der Waals surface area contributed by atoms with Crippen molar-refractivity contribution in [3.05, 3.63) is 29.8 Å². The highest BCUT2D eigenvalue weighted by atomic mass is 32.2. The minimum Gasteiger partial charge on any atom is -0.411 e. The minimum absolute atomic E-state index is 0.0707. The van der Waals surface area contributed by atoms with Gasteiger partial charge in [-0.05, 0) is 42.9 Å². The predicted octanol–water partition coefficient (Wildman–Crippen LogP) is 4.28. The number of aromatic nitrogens is 2. The Morgan fingerprint density at radius 2 is 1.79 bits per heavy atom. The number of hydrogen-bond acceptors (Lipinski definition) is 6. The normalized spacial score (nSPS) is 15.9. The molecular formula is C21H28N4O3S. The number of hydrogen-bond donors (Lipinski definition) is 2. The smallest absolute Gasteiger partial charge is 0.321 e. The fraction of sp³-hybridized carbons (Fsp3) is 0.524. The third-order valence-electron chi connectivity index (χ3n) is 4.98. The number of rotatable bonds is 5. The van der Waals surface area contributed by atoms with Gasteiger partial charge in [0.15, 0.2) is 0 Å². The van der Waals surface area contributed by atoms with E-state index in [1.54, 1.807) is 6.92 Å². The molecule has 0 spiro atoms. The largest absolute Gasteiger partial charge is 0.411 e. The second kappa shape index (κ2) is 8.98. The number of nitrogens with zero attached hydrogens (tertiary/aromatic N) is 2. The molecule has 2 aromatic rings. The molecule has 156 valence electrons. The van der Waals surface area contributed by atoms with Crippen molar-refractivity contribution in [3.63, 3.8) is 0 Å². The second-order valence-corrected chi connectivity index (χ2v) is 9.70. The van der Waals surface area contributed by atoms with Crippen molar-refractivity contribution in [2.24, 2.45) is 0 Å². The van der Waals surface area contributed by atoms with Crippen LogP contribution in [0.5, 0.6) is 0 Å². The van der Waals surface area contributed by atoms with Crippen LogP contribution >= 0.6 is 11.8 Å². The van der Waals surface area contributed by atoms with Crippen LogP contribution in [0, 0.1) is 0 Å². The summed E-state index contributed by atoms with van der Waals surface area (Å²) in [7, 11) is 0. The molecule has 3 amide bonds. The number of imide groups is 1. The van der Waals surface area contributed by atoms with Crippen LogP contribution in [0.1, 0.15) is 58.9 Å². The van der Waals surface area contributed by atoms with Gasteiger partial charge >= 0.3 is 6.03 Å². The number of nitrogens with one attached hydrogen (secondary N) is 2. The molecule has 0 saturated heterocycles. The Hall–Kier alpha value is -2.35. The average molecular weight is 417 g/mol. The van der Waals surface area contributed by atoms with Gasteiger partial charge in [-0.3, -0.25) is 10.1 Å². The Morgan fingerprint density at radius 1 is 1.14 bits per heavy atom. The van der Waals surface area contributed by atoms with E-state index in [1.807, 2.05) is 24.3 Å². The molecule has 0 radical (unpaired) electrons. The Labute approximate surface area is 175 Å². The molecule has 1 saturated carbocycles. The highest BCUT2D eigenvalue weighted by Crippen LogP contribution is 2.28. The van der Waals surface area contributed by atoms with Crippen molar-refractivity contribution in [2.75, 3.05) is 0 Å². The van der Waals surface area contributed by atoms with Gasteiger partial charge in [-0.1, -0.05) is 57.5 Å². The maximum atomic E-state index is 12.3. The van der Waals surface area contributed by atoms with Crippen LogP contribution in [-0.4, -0.2) is 33.4 Å². The van der Waals surface area contributed by atoms with E-state index in [0.717, 1.165) is 43.0 Å². The fourth-order valence-electron chi connectivity index (χ4n) is 3.20. The quantitative estimate of drug-likeness (QED) is 0.706. The highest BCUT2D eigenvalue weighted by molar-refractivity contribution is 8.00. The lowest BCUT2D eigenvalue weighted by Gasteiger charge is -2.18. The number of benzene rings is 1. The maximum Gasteiger partial charge on any atom is 0.321 e. The molecule has 1 aliphatic rings. The van der Waals surface area contributed by atoms with E-state index in [9.17, 15) is 9.59 Å². The zero-order chi connectivity index (χ0) is 21.0. The zero-order valence-electron chi connectivity index (χ0n) is 17.3. The third-order valence-corrected chi connectivity index (χ3v) is 5.91. The molecule has 1 aromatic heterocycles. The van der Waals surface area contributed by atoms with E-state index >= 15 is 0 Å². The van der Waals surface area contributed by atoms with Crippen LogP contribution in [-0.2, 0) is 10.2 Å². The van der Waals surface area contributed by atoms with Crippen molar-refractivity contribution in [1.82, 2.24) is 20.8 Å². The van der Waals surface area contributed by atoms with Crippen LogP contribution in [0.2, 0.25) is 0 Å². The lowest BCUT2D eigenvalue weighted by Crippen LogP contribution is -2.45. The maximum absolute atomic E-state index is 12.3. The van der Waals surface area contributed by atoms with Gasteiger partial charge in [-0.25, -0.2) is 4.79 Å². The topological polar surface area (TPSA) is 97.1 Å². The monoisotopic (exact) mass is 416 g/mol. The Morgan fingerprint density at radius 3 is 2.41 bits per heavy atom. The number of carbonyl (C=O) groups is 2. The van der Waals surface area contributed by atoms with Gasteiger partial charge in [0.1, 0.15) is 0 Å². The predicted molar refractivity (Wildman–Crippen MR) is 113 cm³/mol. The molecule has 1 atom stereocenters. The summed E-state index contributed by atoms with van der Waals surface area (Å²) in [4.78, 5) is 24.2. The Bertz CT molecular complexity index is 852. The van der Waals surface area contributed by atoms with Crippen molar-refractivity contribution in [2.45, 2.75) is 75.3 Å². The summed E-state index contributed by atoms with van der Waals surface area (Å²) in [5.74, 6) is 0.0133. The van der Waals surface area contributed by atoms with Gasteiger partial charge < -0.3 is 9.73 Å². The van der Waals surface area contributed by atoms with Crippen LogP contribution in [0.3, 0.4) is 0 Å². The molecule has 7 nitrogen and oxygen atoms in total. The van der Waals surface area contributed by atoms with Crippen molar-refractivity contribution < 1.29 is 14.0 Å². The molecule has 2 N–H and O–H groups in total. The fourth-order valence-corrected chi connectivity index (χ4v) is 3.88. The van der Waals surface area contributed by atoms with Crippen LogP contribution < -0.4 is 10.6 Å². The Balaban J connectivity index is 1.54.